The Morgan fingerprint density at radius 1 is 1.07 bits per heavy atom. The predicted molar refractivity (Wildman–Crippen MR) is 108 cm³/mol. The van der Waals surface area contributed by atoms with Gasteiger partial charge in [0.05, 0.1) is 25.1 Å². The van der Waals surface area contributed by atoms with Crippen molar-refractivity contribution < 1.29 is 9.53 Å². The topological polar surface area (TPSA) is 70.6 Å². The summed E-state index contributed by atoms with van der Waals surface area (Å²) in [6.45, 7) is 5.43. The Morgan fingerprint density at radius 3 is 2.57 bits per heavy atom. The number of benzene rings is 1. The van der Waals surface area contributed by atoms with E-state index in [0.717, 1.165) is 69.3 Å². The third-order valence-electron chi connectivity index (χ3n) is 5.50. The Labute approximate surface area is 165 Å². The van der Waals surface area contributed by atoms with Gasteiger partial charge in [0.15, 0.2) is 5.82 Å². The molecule has 1 aromatic heterocycles. The van der Waals surface area contributed by atoms with Crippen LogP contribution in [-0.2, 0) is 16.1 Å². The molecule has 2 saturated heterocycles. The first-order chi connectivity index (χ1) is 13.8. The lowest BCUT2D eigenvalue weighted by Crippen LogP contribution is -2.42. The first-order valence-electron chi connectivity index (χ1n) is 10.0. The summed E-state index contributed by atoms with van der Waals surface area (Å²) >= 11 is 0. The van der Waals surface area contributed by atoms with Crippen molar-refractivity contribution in [3.05, 3.63) is 48.4 Å². The summed E-state index contributed by atoms with van der Waals surface area (Å²) in [6, 6.07) is 10.0. The predicted octanol–water partition coefficient (Wildman–Crippen LogP) is 1.85. The average Bonchev–Trinajstić information content (AvgIpc) is 2.79. The molecule has 4 rings (SSSR count). The monoisotopic (exact) mass is 381 g/mol. The number of amides is 1. The lowest BCUT2D eigenvalue weighted by molar-refractivity contribution is -0.125. The number of aromatic nitrogens is 2. The maximum Gasteiger partial charge on any atom is 0.223 e. The lowest BCUT2D eigenvalue weighted by Gasteiger charge is -2.36. The number of ether oxygens (including phenoxy) is 1. The minimum atomic E-state index is 0.0661. The van der Waals surface area contributed by atoms with Crippen molar-refractivity contribution in [3.63, 3.8) is 0 Å². The van der Waals surface area contributed by atoms with Gasteiger partial charge in [-0.3, -0.25) is 4.79 Å². The molecule has 0 atom stereocenters. The standard InChI is InChI=1S/C21H27N5O2/c27-21(23-14-17-4-2-1-3-5-17)18-6-8-25(9-7-18)19-15-22-16-24-20(19)26-10-12-28-13-11-26/h1-5,15-16,18H,6-14H2,(H,23,27). The Morgan fingerprint density at radius 2 is 1.82 bits per heavy atom. The van der Waals surface area contributed by atoms with Gasteiger partial charge in [0, 0.05) is 38.6 Å². The van der Waals surface area contributed by atoms with E-state index < -0.39 is 0 Å². The van der Waals surface area contributed by atoms with Gasteiger partial charge in [-0.2, -0.15) is 0 Å². The maximum atomic E-state index is 12.6. The molecule has 0 unspecified atom stereocenters. The number of piperidine rings is 1. The van der Waals surface area contributed by atoms with E-state index in [1.54, 1.807) is 6.33 Å². The molecule has 2 aromatic rings. The van der Waals surface area contributed by atoms with E-state index in [0.29, 0.717) is 6.54 Å². The zero-order chi connectivity index (χ0) is 19.2. The van der Waals surface area contributed by atoms with Crippen molar-refractivity contribution in [1.82, 2.24) is 15.3 Å². The molecular weight excluding hydrogens is 354 g/mol. The highest BCUT2D eigenvalue weighted by Gasteiger charge is 2.27. The highest BCUT2D eigenvalue weighted by atomic mass is 16.5. The first-order valence-corrected chi connectivity index (χ1v) is 10.0. The molecule has 2 aliphatic rings. The molecule has 1 amide bonds. The molecule has 1 N–H and O–H groups in total. The van der Waals surface area contributed by atoms with Crippen molar-refractivity contribution in [2.75, 3.05) is 49.2 Å². The van der Waals surface area contributed by atoms with E-state index in [4.69, 9.17) is 4.74 Å². The molecule has 0 saturated carbocycles. The van der Waals surface area contributed by atoms with Gasteiger partial charge in [0.2, 0.25) is 5.91 Å². The number of carbonyl (C=O) groups excluding carboxylic acids is 1. The highest BCUT2D eigenvalue weighted by molar-refractivity contribution is 5.79. The molecule has 7 heteroatoms. The van der Waals surface area contributed by atoms with Crippen LogP contribution < -0.4 is 15.1 Å². The van der Waals surface area contributed by atoms with Crippen molar-refractivity contribution in [2.45, 2.75) is 19.4 Å². The first kappa shape index (κ1) is 18.7. The fourth-order valence-electron chi connectivity index (χ4n) is 3.87. The van der Waals surface area contributed by atoms with Gasteiger partial charge in [-0.25, -0.2) is 9.97 Å². The van der Waals surface area contributed by atoms with E-state index in [2.05, 4.69) is 25.1 Å². The fourth-order valence-corrected chi connectivity index (χ4v) is 3.87. The van der Waals surface area contributed by atoms with Crippen LogP contribution in [0.4, 0.5) is 11.5 Å². The quantitative estimate of drug-likeness (QED) is 0.852. The zero-order valence-corrected chi connectivity index (χ0v) is 16.1. The number of hydrogen-bond donors (Lipinski definition) is 1. The largest absolute Gasteiger partial charge is 0.378 e. The molecule has 1 aromatic carbocycles. The molecule has 7 nitrogen and oxygen atoms in total. The summed E-state index contributed by atoms with van der Waals surface area (Å²) in [5.41, 5.74) is 2.19. The van der Waals surface area contributed by atoms with Gasteiger partial charge in [0.1, 0.15) is 6.33 Å². The minimum Gasteiger partial charge on any atom is -0.378 e. The van der Waals surface area contributed by atoms with Crippen LogP contribution in [0.5, 0.6) is 0 Å². The van der Waals surface area contributed by atoms with Crippen LogP contribution in [0.1, 0.15) is 18.4 Å². The SMILES string of the molecule is O=C(NCc1ccccc1)C1CCN(c2cncnc2N2CCOCC2)CC1. The molecule has 3 heterocycles. The van der Waals surface area contributed by atoms with Crippen LogP contribution in [-0.4, -0.2) is 55.3 Å². The van der Waals surface area contributed by atoms with Crippen LogP contribution >= 0.6 is 0 Å². The van der Waals surface area contributed by atoms with E-state index in [1.807, 2.05) is 36.5 Å². The minimum absolute atomic E-state index is 0.0661. The molecule has 28 heavy (non-hydrogen) atoms. The van der Waals surface area contributed by atoms with E-state index >= 15 is 0 Å². The van der Waals surface area contributed by atoms with Crippen molar-refractivity contribution in [3.8, 4) is 0 Å². The van der Waals surface area contributed by atoms with Crippen LogP contribution in [0, 0.1) is 5.92 Å². The van der Waals surface area contributed by atoms with Gasteiger partial charge in [-0.1, -0.05) is 30.3 Å². The van der Waals surface area contributed by atoms with E-state index in [-0.39, 0.29) is 11.8 Å². The van der Waals surface area contributed by atoms with Crippen LogP contribution in [0.3, 0.4) is 0 Å². The third kappa shape index (κ3) is 4.42. The van der Waals surface area contributed by atoms with Crippen LogP contribution in [0.15, 0.2) is 42.9 Å². The number of anilines is 2. The van der Waals surface area contributed by atoms with Crippen molar-refractivity contribution in [1.29, 1.82) is 0 Å². The molecule has 0 radical (unpaired) electrons. The lowest BCUT2D eigenvalue weighted by atomic mass is 9.95. The molecule has 0 spiro atoms. The number of nitrogens with zero attached hydrogens (tertiary/aromatic N) is 4. The van der Waals surface area contributed by atoms with Crippen LogP contribution in [0.25, 0.3) is 0 Å². The Balaban J connectivity index is 1.33. The van der Waals surface area contributed by atoms with Crippen LogP contribution in [0.2, 0.25) is 0 Å². The number of hydrogen-bond acceptors (Lipinski definition) is 6. The normalized spacial score (nSPS) is 18.1. The Kier molecular flexibility index (Phi) is 6.01. The zero-order valence-electron chi connectivity index (χ0n) is 16.1. The summed E-state index contributed by atoms with van der Waals surface area (Å²) in [5.74, 6) is 1.20. The van der Waals surface area contributed by atoms with Gasteiger partial charge in [0.25, 0.3) is 0 Å². The summed E-state index contributed by atoms with van der Waals surface area (Å²) in [4.78, 5) is 25.9. The molecule has 148 valence electrons. The van der Waals surface area contributed by atoms with Crippen molar-refractivity contribution >= 4 is 17.4 Å². The molecular formula is C21H27N5O2. The number of morpholine rings is 1. The van der Waals surface area contributed by atoms with Gasteiger partial charge in [-0.05, 0) is 18.4 Å². The number of rotatable bonds is 5. The summed E-state index contributed by atoms with van der Waals surface area (Å²) < 4.78 is 5.46. The fraction of sp³-hybridized carbons (Fsp3) is 0.476. The molecule has 2 fully saturated rings. The average molecular weight is 381 g/mol. The smallest absolute Gasteiger partial charge is 0.223 e. The molecule has 0 aliphatic carbocycles. The summed E-state index contributed by atoms with van der Waals surface area (Å²) in [6.07, 6.45) is 5.20. The Bertz CT molecular complexity index is 771. The second-order valence-corrected chi connectivity index (χ2v) is 7.30. The number of carbonyl (C=O) groups is 1. The highest BCUT2D eigenvalue weighted by Crippen LogP contribution is 2.30. The second-order valence-electron chi connectivity index (χ2n) is 7.30. The van der Waals surface area contributed by atoms with Crippen molar-refractivity contribution in [2.24, 2.45) is 5.92 Å². The second kappa shape index (κ2) is 9.01. The molecule has 0 bridgehead atoms. The maximum absolute atomic E-state index is 12.6. The third-order valence-corrected chi connectivity index (χ3v) is 5.50. The van der Waals surface area contributed by atoms with E-state index in [1.165, 1.54) is 0 Å². The Hall–Kier alpha value is -2.67. The number of nitrogens with one attached hydrogen (secondary N) is 1. The van der Waals surface area contributed by atoms with Gasteiger partial charge in [-0.15, -0.1) is 0 Å². The van der Waals surface area contributed by atoms with E-state index in [9.17, 15) is 4.79 Å². The van der Waals surface area contributed by atoms with Gasteiger partial charge < -0.3 is 19.9 Å². The summed E-state index contributed by atoms with van der Waals surface area (Å²) in [7, 11) is 0. The van der Waals surface area contributed by atoms with Gasteiger partial charge >= 0.3 is 0 Å². The molecule has 2 aliphatic heterocycles. The summed E-state index contributed by atoms with van der Waals surface area (Å²) in [5, 5.41) is 3.08.